The van der Waals surface area contributed by atoms with Crippen molar-refractivity contribution < 1.29 is 14.6 Å². The third-order valence-corrected chi connectivity index (χ3v) is 4.48. The molecule has 138 valence electrons. The van der Waals surface area contributed by atoms with Crippen molar-refractivity contribution in [2.45, 2.75) is 104 Å². The average molecular weight is 329 g/mol. The lowest BCUT2D eigenvalue weighted by molar-refractivity contribution is -0.150. The van der Waals surface area contributed by atoms with E-state index in [0.717, 1.165) is 25.7 Å². The number of unbranched alkanes of at least 4 members (excludes halogenated alkanes) is 10. The van der Waals surface area contributed by atoms with Crippen molar-refractivity contribution in [1.29, 1.82) is 0 Å². The molecule has 0 radical (unpaired) electrons. The fourth-order valence-electron chi connectivity index (χ4n) is 2.99. The quantitative estimate of drug-likeness (QED) is 0.278. The molecule has 0 fully saturated rings. The first-order valence-electron chi connectivity index (χ1n) is 10.0. The van der Waals surface area contributed by atoms with Gasteiger partial charge < -0.3 is 9.84 Å². The normalized spacial score (nSPS) is 11.1. The first kappa shape index (κ1) is 22.4. The molecular weight excluding hydrogens is 288 g/mol. The highest BCUT2D eigenvalue weighted by atomic mass is 16.5. The van der Waals surface area contributed by atoms with E-state index in [1.54, 1.807) is 0 Å². The standard InChI is InChI=1S/C20H40O3/c1-3-5-7-9-11-13-15-19(20(22)23-18-17-21)16-14-12-10-8-6-4-2/h19,21H,3-18H2,1-2H3. The third kappa shape index (κ3) is 14.7. The number of carbonyl (C=O) groups is 1. The Kier molecular flexibility index (Phi) is 17.3. The summed E-state index contributed by atoms with van der Waals surface area (Å²) in [6.45, 7) is 4.52. The fourth-order valence-corrected chi connectivity index (χ4v) is 2.99. The molecule has 0 aromatic heterocycles. The molecule has 0 atom stereocenters. The summed E-state index contributed by atoms with van der Waals surface area (Å²) < 4.78 is 5.16. The number of ether oxygens (including phenoxy) is 1. The van der Waals surface area contributed by atoms with Gasteiger partial charge in [-0.3, -0.25) is 4.79 Å². The lowest BCUT2D eigenvalue weighted by Crippen LogP contribution is -2.19. The maximum atomic E-state index is 12.1. The minimum Gasteiger partial charge on any atom is -0.463 e. The summed E-state index contributed by atoms with van der Waals surface area (Å²) in [5, 5.41) is 8.81. The van der Waals surface area contributed by atoms with Crippen LogP contribution in [0, 0.1) is 5.92 Å². The molecule has 3 nitrogen and oxygen atoms in total. The monoisotopic (exact) mass is 328 g/mol. The molecular formula is C20H40O3. The molecule has 0 spiro atoms. The molecule has 0 bridgehead atoms. The van der Waals surface area contributed by atoms with Gasteiger partial charge in [-0.15, -0.1) is 0 Å². The second kappa shape index (κ2) is 17.8. The molecule has 1 N–H and O–H groups in total. The molecule has 0 aromatic carbocycles. The topological polar surface area (TPSA) is 46.5 Å². The maximum Gasteiger partial charge on any atom is 0.309 e. The molecule has 0 aromatic rings. The highest BCUT2D eigenvalue weighted by Crippen LogP contribution is 2.20. The lowest BCUT2D eigenvalue weighted by atomic mass is 9.94. The predicted molar refractivity (Wildman–Crippen MR) is 97.5 cm³/mol. The number of aliphatic hydroxyl groups is 1. The van der Waals surface area contributed by atoms with Crippen LogP contribution in [0.15, 0.2) is 0 Å². The van der Waals surface area contributed by atoms with Crippen molar-refractivity contribution in [1.82, 2.24) is 0 Å². The molecule has 0 aliphatic carbocycles. The summed E-state index contributed by atoms with van der Waals surface area (Å²) in [5.41, 5.74) is 0. The molecule has 0 unspecified atom stereocenters. The smallest absolute Gasteiger partial charge is 0.309 e. The predicted octanol–water partition coefficient (Wildman–Crippen LogP) is 5.64. The van der Waals surface area contributed by atoms with E-state index < -0.39 is 0 Å². The second-order valence-electron chi connectivity index (χ2n) is 6.70. The van der Waals surface area contributed by atoms with Crippen molar-refractivity contribution >= 4 is 5.97 Å². The van der Waals surface area contributed by atoms with Crippen LogP contribution in [0.25, 0.3) is 0 Å². The summed E-state index contributed by atoms with van der Waals surface area (Å²) in [5.74, 6) is -0.0555. The van der Waals surface area contributed by atoms with E-state index in [-0.39, 0.29) is 25.1 Å². The van der Waals surface area contributed by atoms with Gasteiger partial charge >= 0.3 is 5.97 Å². The summed E-state index contributed by atoms with van der Waals surface area (Å²) in [7, 11) is 0. The number of carbonyl (C=O) groups excluding carboxylic acids is 1. The maximum absolute atomic E-state index is 12.1. The zero-order valence-electron chi connectivity index (χ0n) is 15.7. The SMILES string of the molecule is CCCCCCCCC(CCCCCCCC)C(=O)OCCO. The molecule has 0 rings (SSSR count). The van der Waals surface area contributed by atoms with E-state index in [2.05, 4.69) is 13.8 Å². The van der Waals surface area contributed by atoms with Crippen LogP contribution in [0.5, 0.6) is 0 Å². The van der Waals surface area contributed by atoms with Gasteiger partial charge in [0, 0.05) is 0 Å². The zero-order chi connectivity index (χ0) is 17.2. The van der Waals surface area contributed by atoms with E-state index in [9.17, 15) is 4.79 Å². The van der Waals surface area contributed by atoms with Gasteiger partial charge in [0.15, 0.2) is 0 Å². The Bertz CT molecular complexity index is 237. The molecule has 0 amide bonds. The van der Waals surface area contributed by atoms with E-state index in [0.29, 0.717) is 0 Å². The molecule has 0 saturated carbocycles. The number of hydrogen-bond acceptors (Lipinski definition) is 3. The summed E-state index contributed by atoms with van der Waals surface area (Å²) in [6, 6.07) is 0. The van der Waals surface area contributed by atoms with Gasteiger partial charge in [-0.2, -0.15) is 0 Å². The van der Waals surface area contributed by atoms with E-state index in [1.807, 2.05) is 0 Å². The Morgan fingerprint density at radius 3 is 1.65 bits per heavy atom. The lowest BCUT2D eigenvalue weighted by Gasteiger charge is -2.15. The van der Waals surface area contributed by atoms with Crippen LogP contribution >= 0.6 is 0 Å². The Labute approximate surface area is 144 Å². The van der Waals surface area contributed by atoms with Crippen LogP contribution in [0.4, 0.5) is 0 Å². The van der Waals surface area contributed by atoms with Gasteiger partial charge in [-0.05, 0) is 12.8 Å². The van der Waals surface area contributed by atoms with E-state index >= 15 is 0 Å². The van der Waals surface area contributed by atoms with Crippen LogP contribution in [0.1, 0.15) is 104 Å². The number of hydrogen-bond donors (Lipinski definition) is 1. The first-order chi connectivity index (χ1) is 11.3. The van der Waals surface area contributed by atoms with Crippen LogP contribution < -0.4 is 0 Å². The van der Waals surface area contributed by atoms with Crippen LogP contribution in [0.3, 0.4) is 0 Å². The van der Waals surface area contributed by atoms with Crippen LogP contribution in [-0.2, 0) is 9.53 Å². The number of rotatable bonds is 17. The Morgan fingerprint density at radius 1 is 0.783 bits per heavy atom. The Morgan fingerprint density at radius 2 is 1.22 bits per heavy atom. The number of esters is 1. The highest BCUT2D eigenvalue weighted by Gasteiger charge is 2.19. The van der Waals surface area contributed by atoms with Gasteiger partial charge in [-0.25, -0.2) is 0 Å². The van der Waals surface area contributed by atoms with E-state index in [4.69, 9.17) is 9.84 Å². The minimum absolute atomic E-state index is 0.0406. The molecule has 0 aliphatic heterocycles. The van der Waals surface area contributed by atoms with Crippen molar-refractivity contribution in [2.75, 3.05) is 13.2 Å². The van der Waals surface area contributed by atoms with Crippen molar-refractivity contribution in [3.05, 3.63) is 0 Å². The zero-order valence-corrected chi connectivity index (χ0v) is 15.7. The van der Waals surface area contributed by atoms with Crippen molar-refractivity contribution in [3.8, 4) is 0 Å². The second-order valence-corrected chi connectivity index (χ2v) is 6.70. The third-order valence-electron chi connectivity index (χ3n) is 4.48. The highest BCUT2D eigenvalue weighted by molar-refractivity contribution is 5.72. The summed E-state index contributed by atoms with van der Waals surface area (Å²) in [6.07, 6.45) is 17.0. The van der Waals surface area contributed by atoms with Crippen LogP contribution in [-0.4, -0.2) is 24.3 Å². The summed E-state index contributed by atoms with van der Waals surface area (Å²) >= 11 is 0. The molecule has 0 heterocycles. The Hall–Kier alpha value is -0.570. The molecule has 0 saturated heterocycles. The number of aliphatic hydroxyl groups excluding tert-OH is 1. The molecule has 0 aliphatic rings. The van der Waals surface area contributed by atoms with Crippen LogP contribution in [0.2, 0.25) is 0 Å². The fraction of sp³-hybridized carbons (Fsp3) is 0.950. The average Bonchev–Trinajstić information content (AvgIpc) is 2.56. The van der Waals surface area contributed by atoms with Gasteiger partial charge in [0.05, 0.1) is 12.5 Å². The molecule has 23 heavy (non-hydrogen) atoms. The van der Waals surface area contributed by atoms with E-state index in [1.165, 1.54) is 64.2 Å². The Balaban J connectivity index is 3.91. The van der Waals surface area contributed by atoms with Gasteiger partial charge in [-0.1, -0.05) is 90.9 Å². The summed E-state index contributed by atoms with van der Waals surface area (Å²) in [4.78, 5) is 12.1. The van der Waals surface area contributed by atoms with Crippen molar-refractivity contribution in [3.63, 3.8) is 0 Å². The largest absolute Gasteiger partial charge is 0.463 e. The van der Waals surface area contributed by atoms with Crippen molar-refractivity contribution in [2.24, 2.45) is 5.92 Å². The van der Waals surface area contributed by atoms with Gasteiger partial charge in [0.2, 0.25) is 0 Å². The minimum atomic E-state index is -0.0961. The van der Waals surface area contributed by atoms with Gasteiger partial charge in [0.1, 0.15) is 6.61 Å². The van der Waals surface area contributed by atoms with Gasteiger partial charge in [0.25, 0.3) is 0 Å². The molecule has 3 heteroatoms. The first-order valence-corrected chi connectivity index (χ1v) is 10.0.